The molecule has 2 N–H and O–H groups in total. The number of carbonyl (C=O) groups excluding carboxylic acids is 1. The van der Waals surface area contributed by atoms with Crippen molar-refractivity contribution in [2.45, 2.75) is 17.3 Å². The number of carbonyl (C=O) groups is 1. The predicted molar refractivity (Wildman–Crippen MR) is 125 cm³/mol. The summed E-state index contributed by atoms with van der Waals surface area (Å²) in [4.78, 5) is 24.4. The highest BCUT2D eigenvalue weighted by Crippen LogP contribution is 2.24. The van der Waals surface area contributed by atoms with Gasteiger partial charge in [-0.15, -0.1) is 0 Å². The molecule has 1 amide bonds. The van der Waals surface area contributed by atoms with Crippen LogP contribution < -0.4 is 14.8 Å². The first kappa shape index (κ1) is 21.7. The van der Waals surface area contributed by atoms with E-state index in [1.165, 1.54) is 0 Å². The van der Waals surface area contributed by atoms with Crippen LogP contribution in [0.15, 0.2) is 66.1 Å². The van der Waals surface area contributed by atoms with Gasteiger partial charge in [0.05, 0.1) is 31.4 Å². The Labute approximate surface area is 190 Å². The summed E-state index contributed by atoms with van der Waals surface area (Å²) in [5.74, 6) is 2.20. The Bertz CT molecular complexity index is 1170. The summed E-state index contributed by atoms with van der Waals surface area (Å²) in [6, 6.07) is 15.2. The number of imidazole rings is 1. The van der Waals surface area contributed by atoms with Crippen molar-refractivity contribution in [3.05, 3.63) is 77.6 Å². The molecule has 0 saturated carbocycles. The van der Waals surface area contributed by atoms with Crippen molar-refractivity contribution >= 4 is 28.7 Å². The number of nitrogens with zero attached hydrogens (tertiary/aromatic N) is 2. The second-order valence-electron chi connectivity index (χ2n) is 7.10. The highest BCUT2D eigenvalue weighted by atomic mass is 32.2. The van der Waals surface area contributed by atoms with E-state index in [0.717, 1.165) is 44.6 Å². The number of fused-ring (bicyclic) bond motifs is 1. The molecule has 0 spiro atoms. The third-order valence-electron chi connectivity index (χ3n) is 5.02. The van der Waals surface area contributed by atoms with E-state index in [0.29, 0.717) is 18.5 Å². The summed E-state index contributed by atoms with van der Waals surface area (Å²) in [5.41, 5.74) is 4.56. The third kappa shape index (κ3) is 5.20. The Hall–Kier alpha value is -3.52. The number of aromatic nitrogens is 3. The first-order chi connectivity index (χ1) is 15.7. The molecule has 4 aromatic rings. The van der Waals surface area contributed by atoms with Crippen molar-refractivity contribution in [1.29, 1.82) is 0 Å². The number of pyridine rings is 1. The van der Waals surface area contributed by atoms with Crippen LogP contribution >= 0.6 is 11.8 Å². The predicted octanol–water partition coefficient (Wildman–Crippen LogP) is 4.24. The van der Waals surface area contributed by atoms with E-state index in [1.54, 1.807) is 38.4 Å². The number of H-pyrrole nitrogens is 1. The average molecular weight is 449 g/mol. The zero-order chi connectivity index (χ0) is 22.3. The van der Waals surface area contributed by atoms with Crippen molar-refractivity contribution in [2.75, 3.05) is 20.8 Å². The van der Waals surface area contributed by atoms with E-state index in [9.17, 15) is 4.79 Å². The van der Waals surface area contributed by atoms with Crippen LogP contribution in [0.3, 0.4) is 0 Å². The van der Waals surface area contributed by atoms with Gasteiger partial charge in [0.25, 0.3) is 5.91 Å². The van der Waals surface area contributed by atoms with Crippen molar-refractivity contribution < 1.29 is 14.3 Å². The molecule has 7 nitrogen and oxygen atoms in total. The number of nitrogens with one attached hydrogen (secondary N) is 2. The monoisotopic (exact) mass is 448 g/mol. The Morgan fingerprint density at radius 1 is 1.09 bits per heavy atom. The zero-order valence-corrected chi connectivity index (χ0v) is 18.7. The second kappa shape index (κ2) is 10.2. The van der Waals surface area contributed by atoms with Gasteiger partial charge >= 0.3 is 0 Å². The van der Waals surface area contributed by atoms with Gasteiger partial charge in [0.1, 0.15) is 11.5 Å². The molecule has 0 unspecified atom stereocenters. The van der Waals surface area contributed by atoms with Crippen LogP contribution in [0.2, 0.25) is 0 Å². The van der Waals surface area contributed by atoms with Crippen LogP contribution in [0.5, 0.6) is 11.5 Å². The van der Waals surface area contributed by atoms with E-state index >= 15 is 0 Å². The molecule has 2 aromatic heterocycles. The summed E-state index contributed by atoms with van der Waals surface area (Å²) in [6.45, 7) is 0.501. The standard InChI is InChI=1S/C24H24N4O3S/c1-30-19-7-8-22(31-2)18(13-19)9-12-26-23(29)17-5-3-16(4-6-17)15-32-24-27-20-10-11-25-14-21(20)28-24/h3-8,10-11,13-14H,9,12,15H2,1-2H3,(H,26,29)(H,27,28). The van der Waals surface area contributed by atoms with Crippen LogP contribution in [-0.4, -0.2) is 41.6 Å². The van der Waals surface area contributed by atoms with Gasteiger partial charge in [-0.1, -0.05) is 23.9 Å². The summed E-state index contributed by atoms with van der Waals surface area (Å²) < 4.78 is 10.7. The molecule has 2 aromatic carbocycles. The highest BCUT2D eigenvalue weighted by Gasteiger charge is 2.09. The number of methoxy groups -OCH3 is 2. The van der Waals surface area contributed by atoms with E-state index < -0.39 is 0 Å². The van der Waals surface area contributed by atoms with Crippen molar-refractivity contribution in [1.82, 2.24) is 20.3 Å². The Morgan fingerprint density at radius 2 is 1.94 bits per heavy atom. The van der Waals surface area contributed by atoms with Gasteiger partial charge in [-0.25, -0.2) is 4.98 Å². The number of rotatable bonds is 9. The maximum atomic E-state index is 12.5. The fourth-order valence-electron chi connectivity index (χ4n) is 3.30. The molecule has 0 aliphatic carbocycles. The second-order valence-corrected chi connectivity index (χ2v) is 8.07. The van der Waals surface area contributed by atoms with Crippen molar-refractivity contribution in [2.24, 2.45) is 0 Å². The number of hydrogen-bond donors (Lipinski definition) is 2. The molecular weight excluding hydrogens is 424 g/mol. The fraction of sp³-hybridized carbons (Fsp3) is 0.208. The molecule has 0 aliphatic heterocycles. The minimum Gasteiger partial charge on any atom is -0.497 e. The van der Waals surface area contributed by atoms with Crippen LogP contribution in [-0.2, 0) is 12.2 Å². The topological polar surface area (TPSA) is 89.1 Å². The number of amides is 1. The van der Waals surface area contributed by atoms with Crippen molar-refractivity contribution in [3.8, 4) is 11.5 Å². The van der Waals surface area contributed by atoms with E-state index in [4.69, 9.17) is 9.47 Å². The van der Waals surface area contributed by atoms with E-state index in [1.807, 2.05) is 48.5 Å². The Balaban J connectivity index is 1.29. The number of ether oxygens (including phenoxy) is 2. The lowest BCUT2D eigenvalue weighted by molar-refractivity contribution is 0.0954. The minimum atomic E-state index is -0.101. The molecule has 0 saturated heterocycles. The normalized spacial score (nSPS) is 10.8. The van der Waals surface area contributed by atoms with Crippen LogP contribution in [0.4, 0.5) is 0 Å². The number of hydrogen-bond acceptors (Lipinski definition) is 6. The molecule has 0 aliphatic rings. The Kier molecular flexibility index (Phi) is 6.91. The van der Waals surface area contributed by atoms with Gasteiger partial charge in [-0.05, 0) is 53.9 Å². The van der Waals surface area contributed by atoms with Crippen molar-refractivity contribution in [3.63, 3.8) is 0 Å². The number of thioether (sulfide) groups is 1. The number of aromatic amines is 1. The van der Waals surface area contributed by atoms with Crippen LogP contribution in [0.1, 0.15) is 21.5 Å². The van der Waals surface area contributed by atoms with E-state index in [-0.39, 0.29) is 5.91 Å². The molecule has 0 radical (unpaired) electrons. The van der Waals surface area contributed by atoms with Crippen LogP contribution in [0, 0.1) is 0 Å². The number of benzene rings is 2. The summed E-state index contributed by atoms with van der Waals surface area (Å²) >= 11 is 1.61. The Morgan fingerprint density at radius 3 is 2.69 bits per heavy atom. The molecule has 4 rings (SSSR count). The molecule has 8 heteroatoms. The quantitative estimate of drug-likeness (QED) is 0.372. The van der Waals surface area contributed by atoms with Gasteiger partial charge in [-0.2, -0.15) is 0 Å². The fourth-order valence-corrected chi connectivity index (χ4v) is 4.14. The van der Waals surface area contributed by atoms with E-state index in [2.05, 4.69) is 20.3 Å². The summed E-state index contributed by atoms with van der Waals surface area (Å²) in [7, 11) is 3.26. The lowest BCUT2D eigenvalue weighted by Crippen LogP contribution is -2.25. The van der Waals surface area contributed by atoms with Gasteiger partial charge in [0.15, 0.2) is 5.16 Å². The molecular formula is C24H24N4O3S. The lowest BCUT2D eigenvalue weighted by Gasteiger charge is -2.11. The largest absolute Gasteiger partial charge is 0.497 e. The molecule has 0 fully saturated rings. The third-order valence-corrected chi connectivity index (χ3v) is 5.97. The summed E-state index contributed by atoms with van der Waals surface area (Å²) in [6.07, 6.45) is 4.15. The van der Waals surface area contributed by atoms with Crippen LogP contribution in [0.25, 0.3) is 11.0 Å². The van der Waals surface area contributed by atoms with Gasteiger partial charge in [0, 0.05) is 24.1 Å². The van der Waals surface area contributed by atoms with Gasteiger partial charge in [0.2, 0.25) is 0 Å². The molecule has 2 heterocycles. The molecule has 0 bridgehead atoms. The lowest BCUT2D eigenvalue weighted by atomic mass is 10.1. The smallest absolute Gasteiger partial charge is 0.251 e. The van der Waals surface area contributed by atoms with Gasteiger partial charge in [-0.3, -0.25) is 9.78 Å². The maximum Gasteiger partial charge on any atom is 0.251 e. The first-order valence-corrected chi connectivity index (χ1v) is 11.2. The van der Waals surface area contributed by atoms with Gasteiger partial charge < -0.3 is 19.8 Å². The highest BCUT2D eigenvalue weighted by molar-refractivity contribution is 7.98. The minimum absolute atomic E-state index is 0.101. The maximum absolute atomic E-state index is 12.5. The summed E-state index contributed by atoms with van der Waals surface area (Å²) in [5, 5.41) is 3.82. The SMILES string of the molecule is COc1ccc(OC)c(CCNC(=O)c2ccc(CSc3nc4ccncc4[nH]3)cc2)c1. The zero-order valence-electron chi connectivity index (χ0n) is 17.9. The molecule has 32 heavy (non-hydrogen) atoms. The average Bonchev–Trinajstić information content (AvgIpc) is 3.26. The first-order valence-electron chi connectivity index (χ1n) is 10.2. The molecule has 0 atom stereocenters. The molecule has 164 valence electrons.